The Labute approximate surface area is 399 Å². The van der Waals surface area contributed by atoms with Gasteiger partial charge in [-0.25, -0.2) is 4.79 Å². The predicted molar refractivity (Wildman–Crippen MR) is 242 cm³/mol. The highest BCUT2D eigenvalue weighted by molar-refractivity contribution is 7.86. The number of carbonyl (C=O) groups is 3. The Kier molecular flexibility index (Phi) is 15.5. The number of benzene rings is 5. The standard InChI is InChI=1S/C40H36N8O20S3/c1-19-13-25(29(66-2)18-32(19)69(57,58)59)42-43-26-15-31(68-12-10-50)27(16-30(26)67-11-9-49)44-46-36-33(70(60,61)62)14-23-22(37(36)53)7-8-24(38(23)71(63,64)65)41-45-35-28(17-34(51)52)47-48(39(35)54)21-5-3-20(4-6-21)40(55)56/h3-8,13-16,18,35,49-50,53H,9-12,17H2,1-2H3,(H,51,52)(H,55,56)(H,57,58,59)(H,60,61,62)(H,63,64,65). The average molecular weight is 1040 g/mol. The van der Waals surface area contributed by atoms with Crippen LogP contribution in [0.2, 0.25) is 0 Å². The number of hydrogen-bond acceptors (Lipinski definition) is 22. The summed E-state index contributed by atoms with van der Waals surface area (Å²) >= 11 is 0. The minimum absolute atomic E-state index is 0.0165. The summed E-state index contributed by atoms with van der Waals surface area (Å²) in [6.45, 7) is -0.520. The molecule has 0 bridgehead atoms. The molecule has 1 atom stereocenters. The molecule has 0 fully saturated rings. The molecule has 1 heterocycles. The summed E-state index contributed by atoms with van der Waals surface area (Å²) in [4.78, 5) is 33.5. The summed E-state index contributed by atoms with van der Waals surface area (Å²) in [5.41, 5.74) is -2.91. The summed E-state index contributed by atoms with van der Waals surface area (Å²) < 4.78 is 122. The Morgan fingerprint density at radius 2 is 1.25 bits per heavy atom. The van der Waals surface area contributed by atoms with Gasteiger partial charge in [-0.1, -0.05) is 0 Å². The maximum absolute atomic E-state index is 13.5. The second-order valence-corrected chi connectivity index (χ2v) is 18.5. The third kappa shape index (κ3) is 11.8. The van der Waals surface area contributed by atoms with E-state index in [4.69, 9.17) is 14.2 Å². The highest BCUT2D eigenvalue weighted by atomic mass is 32.2. The van der Waals surface area contributed by atoms with Crippen LogP contribution in [0.1, 0.15) is 22.3 Å². The molecule has 5 aromatic rings. The highest BCUT2D eigenvalue weighted by Gasteiger charge is 2.38. The lowest BCUT2D eigenvalue weighted by Gasteiger charge is -2.14. The Bertz CT molecular complexity index is 3460. The number of carboxylic acids is 2. The van der Waals surface area contributed by atoms with Gasteiger partial charge < -0.3 is 39.7 Å². The van der Waals surface area contributed by atoms with Gasteiger partial charge in [0.15, 0.2) is 11.8 Å². The van der Waals surface area contributed by atoms with E-state index in [1.54, 1.807) is 0 Å². The quantitative estimate of drug-likeness (QED) is 0.0366. The monoisotopic (exact) mass is 1040 g/mol. The molecule has 8 N–H and O–H groups in total. The van der Waals surface area contributed by atoms with E-state index < -0.39 is 129 Å². The number of rotatable bonds is 20. The number of methoxy groups -OCH3 is 1. The fourth-order valence-electron chi connectivity index (χ4n) is 6.59. The molecular weight excluding hydrogens is 1010 g/mol. The van der Waals surface area contributed by atoms with Gasteiger partial charge in [0.1, 0.15) is 73.6 Å². The van der Waals surface area contributed by atoms with Crippen LogP contribution in [0.4, 0.5) is 34.1 Å². The summed E-state index contributed by atoms with van der Waals surface area (Å²) in [6, 6.07) is 9.53. The molecule has 0 saturated heterocycles. The van der Waals surface area contributed by atoms with Gasteiger partial charge in [0.05, 0.1) is 43.7 Å². The number of carbonyl (C=O) groups excluding carboxylic acids is 1. The number of ether oxygens (including phenoxy) is 3. The number of hydrazone groups is 1. The van der Waals surface area contributed by atoms with Crippen LogP contribution < -0.4 is 19.2 Å². The molecule has 71 heavy (non-hydrogen) atoms. The number of anilines is 1. The van der Waals surface area contributed by atoms with Crippen molar-refractivity contribution in [3.05, 3.63) is 77.9 Å². The van der Waals surface area contributed by atoms with E-state index in [2.05, 4.69) is 35.8 Å². The van der Waals surface area contributed by atoms with E-state index in [9.17, 15) is 78.8 Å². The van der Waals surface area contributed by atoms with Crippen LogP contribution in [0.25, 0.3) is 10.8 Å². The second-order valence-electron chi connectivity index (χ2n) is 14.4. The van der Waals surface area contributed by atoms with Crippen LogP contribution in [-0.2, 0) is 39.9 Å². The molecule has 1 amide bonds. The number of nitrogens with zero attached hydrogens (tertiary/aromatic N) is 8. The van der Waals surface area contributed by atoms with Crippen LogP contribution >= 0.6 is 0 Å². The van der Waals surface area contributed by atoms with E-state index >= 15 is 0 Å². The zero-order valence-corrected chi connectivity index (χ0v) is 38.7. The van der Waals surface area contributed by atoms with Gasteiger partial charge in [-0.2, -0.15) is 45.6 Å². The number of aliphatic hydroxyl groups excluding tert-OH is 2. The number of carboxylic acid groups (broad SMARTS) is 2. The van der Waals surface area contributed by atoms with Crippen LogP contribution in [0.15, 0.2) is 117 Å². The third-order valence-electron chi connectivity index (χ3n) is 9.67. The molecular formula is C40H36N8O20S3. The van der Waals surface area contributed by atoms with Crippen molar-refractivity contribution < 1.29 is 93.0 Å². The highest BCUT2D eigenvalue weighted by Crippen LogP contribution is 2.47. The van der Waals surface area contributed by atoms with E-state index in [0.717, 1.165) is 42.5 Å². The van der Waals surface area contributed by atoms with Crippen LogP contribution in [-0.4, -0.2) is 128 Å². The van der Waals surface area contributed by atoms with Crippen molar-refractivity contribution in [3.8, 4) is 23.0 Å². The van der Waals surface area contributed by atoms with Gasteiger partial charge in [0.2, 0.25) is 0 Å². The Hall–Kier alpha value is -7.91. The smallest absolute Gasteiger partial charge is 0.335 e. The van der Waals surface area contributed by atoms with Crippen molar-refractivity contribution in [3.63, 3.8) is 0 Å². The molecule has 374 valence electrons. The lowest BCUT2D eigenvalue weighted by Crippen LogP contribution is -2.31. The Morgan fingerprint density at radius 3 is 1.76 bits per heavy atom. The zero-order valence-electron chi connectivity index (χ0n) is 36.2. The Morgan fingerprint density at radius 1 is 0.690 bits per heavy atom. The van der Waals surface area contributed by atoms with E-state index in [1.807, 2.05) is 0 Å². The number of aliphatic hydroxyl groups is 2. The maximum atomic E-state index is 13.5. The first-order valence-electron chi connectivity index (χ1n) is 19.7. The number of fused-ring (bicyclic) bond motifs is 1. The summed E-state index contributed by atoms with van der Waals surface area (Å²) in [5.74, 6) is -5.57. The van der Waals surface area contributed by atoms with E-state index in [0.29, 0.717) is 11.1 Å². The van der Waals surface area contributed by atoms with Gasteiger partial charge in [0, 0.05) is 29.0 Å². The first-order valence-corrected chi connectivity index (χ1v) is 24.0. The molecule has 1 unspecified atom stereocenters. The number of aromatic hydroxyl groups is 1. The first-order chi connectivity index (χ1) is 33.4. The number of hydrogen-bond donors (Lipinski definition) is 8. The molecule has 0 spiro atoms. The van der Waals surface area contributed by atoms with Crippen LogP contribution in [0.3, 0.4) is 0 Å². The lowest BCUT2D eigenvalue weighted by atomic mass is 10.1. The predicted octanol–water partition coefficient (Wildman–Crippen LogP) is 5.20. The van der Waals surface area contributed by atoms with Gasteiger partial charge in [-0.15, -0.1) is 20.5 Å². The molecule has 0 aromatic heterocycles. The molecule has 0 saturated carbocycles. The van der Waals surface area contributed by atoms with Crippen molar-refractivity contribution >= 4 is 98.8 Å². The molecule has 0 aliphatic carbocycles. The molecule has 31 heteroatoms. The fourth-order valence-corrected chi connectivity index (χ4v) is 8.78. The molecule has 5 aromatic carbocycles. The molecule has 6 rings (SSSR count). The summed E-state index contributed by atoms with van der Waals surface area (Å²) in [7, 11) is -14.5. The number of aryl methyl sites for hydroxylation is 1. The zero-order chi connectivity index (χ0) is 52.2. The second kappa shape index (κ2) is 21.0. The topological polar surface area (TPSA) is 433 Å². The third-order valence-corrected chi connectivity index (χ3v) is 12.5. The normalized spacial score (nSPS) is 14.5. The SMILES string of the molecule is COc1cc(S(=O)(=O)O)c(C)cc1N=Nc1cc(OCCO)c(N=Nc2c(S(=O)(=O)O)cc3c(S(=O)(=O)O)c(N=NC4C(=O)N(c5ccc(C(=O)O)cc5)N=C4CC(=O)O)ccc3c2O)cc1OCCO. The molecule has 1 aliphatic heterocycles. The van der Waals surface area contributed by atoms with E-state index in [1.165, 1.54) is 32.2 Å². The van der Waals surface area contributed by atoms with Crippen molar-refractivity contribution in [2.45, 2.75) is 34.1 Å². The largest absolute Gasteiger partial charge is 0.505 e. The lowest BCUT2D eigenvalue weighted by molar-refractivity contribution is -0.135. The van der Waals surface area contributed by atoms with Crippen LogP contribution in [0, 0.1) is 6.92 Å². The summed E-state index contributed by atoms with van der Waals surface area (Å²) in [5, 5.41) is 76.2. The number of aromatic carboxylic acids is 1. The average Bonchev–Trinajstić information content (AvgIpc) is 3.60. The minimum atomic E-state index is -5.52. The van der Waals surface area contributed by atoms with Gasteiger partial charge in [0.25, 0.3) is 36.3 Å². The van der Waals surface area contributed by atoms with Gasteiger partial charge in [-0.3, -0.25) is 23.2 Å². The fraction of sp³-hybridized carbons (Fsp3) is 0.200. The number of phenolic OH excluding ortho intramolecular Hbond substituents is 1. The van der Waals surface area contributed by atoms with Crippen molar-refractivity contribution in [1.29, 1.82) is 0 Å². The van der Waals surface area contributed by atoms with Crippen molar-refractivity contribution in [1.82, 2.24) is 0 Å². The van der Waals surface area contributed by atoms with Gasteiger partial charge in [-0.05, 0) is 61.0 Å². The van der Waals surface area contributed by atoms with E-state index in [-0.39, 0.29) is 57.7 Å². The molecule has 1 aliphatic rings. The van der Waals surface area contributed by atoms with Gasteiger partial charge >= 0.3 is 11.9 Å². The molecule has 0 radical (unpaired) electrons. The van der Waals surface area contributed by atoms with Crippen LogP contribution in [0.5, 0.6) is 23.0 Å². The number of aliphatic carboxylic acids is 1. The maximum Gasteiger partial charge on any atom is 0.335 e. The summed E-state index contributed by atoms with van der Waals surface area (Å²) in [6.07, 6.45) is -0.888. The number of azo groups is 3. The van der Waals surface area contributed by atoms with Crippen molar-refractivity contribution in [2.75, 3.05) is 38.5 Å². The number of phenols is 1. The minimum Gasteiger partial charge on any atom is -0.505 e. The number of amides is 1. The van der Waals surface area contributed by atoms with Crippen molar-refractivity contribution in [2.24, 2.45) is 35.8 Å². The Balaban J connectivity index is 1.46. The molecule has 28 nitrogen and oxygen atoms in total. The first kappa shape index (κ1) is 52.5.